The molecule has 0 aromatic heterocycles. The maximum absolute atomic E-state index is 14.0. The van der Waals surface area contributed by atoms with Crippen molar-refractivity contribution in [3.05, 3.63) is 63.1 Å². The smallest absolute Gasteiger partial charge is 0.374 e. The van der Waals surface area contributed by atoms with Crippen molar-refractivity contribution < 1.29 is 18.0 Å². The molecular formula is C18H14Cl2F3NOS. The van der Waals surface area contributed by atoms with Crippen molar-refractivity contribution in [3.63, 3.8) is 0 Å². The highest BCUT2D eigenvalue weighted by atomic mass is 35.5. The predicted molar refractivity (Wildman–Crippen MR) is 99.4 cm³/mol. The van der Waals surface area contributed by atoms with Gasteiger partial charge in [-0.3, -0.25) is 0 Å². The number of hydrogen-bond acceptors (Lipinski definition) is 3. The van der Waals surface area contributed by atoms with E-state index in [1.165, 1.54) is 18.2 Å². The summed E-state index contributed by atoms with van der Waals surface area (Å²) in [6.07, 6.45) is -3.21. The van der Waals surface area contributed by atoms with Gasteiger partial charge < -0.3 is 4.84 Å². The van der Waals surface area contributed by atoms with Crippen LogP contribution in [0.15, 0.2) is 46.4 Å². The molecule has 1 heterocycles. The lowest BCUT2D eigenvalue weighted by Gasteiger charge is -2.29. The fourth-order valence-corrected chi connectivity index (χ4v) is 4.01. The molecule has 0 bridgehead atoms. The molecule has 2 aromatic rings. The molecule has 138 valence electrons. The molecule has 2 nitrogen and oxygen atoms in total. The first-order valence-electron chi connectivity index (χ1n) is 7.59. The van der Waals surface area contributed by atoms with Gasteiger partial charge in [-0.25, -0.2) is 0 Å². The molecule has 0 saturated heterocycles. The van der Waals surface area contributed by atoms with Crippen LogP contribution >= 0.6 is 35.0 Å². The molecule has 8 heteroatoms. The number of aryl methyl sites for hydroxylation is 1. The third-order valence-electron chi connectivity index (χ3n) is 4.24. The molecule has 0 fully saturated rings. The van der Waals surface area contributed by atoms with Crippen LogP contribution in [0.1, 0.15) is 23.1 Å². The highest BCUT2D eigenvalue weighted by molar-refractivity contribution is 7.98. The highest BCUT2D eigenvalue weighted by Crippen LogP contribution is 2.49. The van der Waals surface area contributed by atoms with Crippen LogP contribution in [0.25, 0.3) is 0 Å². The number of thioether (sulfide) groups is 1. The van der Waals surface area contributed by atoms with Crippen LogP contribution < -0.4 is 0 Å². The second kappa shape index (κ2) is 6.98. The van der Waals surface area contributed by atoms with Crippen LogP contribution in [-0.4, -0.2) is 18.1 Å². The van der Waals surface area contributed by atoms with E-state index in [2.05, 4.69) is 5.16 Å². The second-order valence-corrected chi connectivity index (χ2v) is 7.69. The molecule has 1 aliphatic heterocycles. The predicted octanol–water partition coefficient (Wildman–Crippen LogP) is 6.61. The zero-order valence-corrected chi connectivity index (χ0v) is 16.2. The van der Waals surface area contributed by atoms with Crippen molar-refractivity contribution in [1.29, 1.82) is 0 Å². The highest BCUT2D eigenvalue weighted by Gasteiger charge is 2.62. The first-order chi connectivity index (χ1) is 12.2. The second-order valence-electron chi connectivity index (χ2n) is 5.97. The summed E-state index contributed by atoms with van der Waals surface area (Å²) in [6.45, 7) is 1.90. The average molecular weight is 420 g/mol. The zero-order chi connectivity index (χ0) is 19.1. The van der Waals surface area contributed by atoms with E-state index in [0.29, 0.717) is 5.56 Å². The van der Waals surface area contributed by atoms with Crippen LogP contribution in [0.5, 0.6) is 0 Å². The van der Waals surface area contributed by atoms with Gasteiger partial charge in [0.05, 0.1) is 5.71 Å². The van der Waals surface area contributed by atoms with Gasteiger partial charge in [-0.15, -0.1) is 11.8 Å². The number of hydrogen-bond donors (Lipinski definition) is 0. The van der Waals surface area contributed by atoms with E-state index in [4.69, 9.17) is 28.0 Å². The molecule has 26 heavy (non-hydrogen) atoms. The summed E-state index contributed by atoms with van der Waals surface area (Å²) in [5, 5.41) is 3.97. The first-order valence-corrected chi connectivity index (χ1v) is 9.58. The lowest BCUT2D eigenvalue weighted by Crippen LogP contribution is -2.42. The lowest BCUT2D eigenvalue weighted by atomic mass is 9.86. The molecule has 0 amide bonds. The van der Waals surface area contributed by atoms with Gasteiger partial charge in [0, 0.05) is 26.9 Å². The standard InChI is InChI=1S/C18H14Cl2F3NOS/c1-10-5-11(3-4-16(10)26-2)15-9-17(25-24-15,18(21,22)23)12-6-13(19)8-14(20)7-12/h3-8H,9H2,1-2H3. The van der Waals surface area contributed by atoms with E-state index in [-0.39, 0.29) is 21.3 Å². The maximum atomic E-state index is 14.0. The molecule has 0 N–H and O–H groups in total. The number of rotatable bonds is 3. The van der Waals surface area contributed by atoms with Gasteiger partial charge in [0.25, 0.3) is 5.60 Å². The third-order valence-corrected chi connectivity index (χ3v) is 5.58. The van der Waals surface area contributed by atoms with Crippen molar-refractivity contribution in [2.75, 3.05) is 6.26 Å². The average Bonchev–Trinajstić information content (AvgIpc) is 3.00. The lowest BCUT2D eigenvalue weighted by molar-refractivity contribution is -0.275. The van der Waals surface area contributed by atoms with E-state index in [0.717, 1.165) is 10.5 Å². The van der Waals surface area contributed by atoms with Crippen LogP contribution in [0, 0.1) is 6.92 Å². The fraction of sp³-hybridized carbons (Fsp3) is 0.278. The minimum absolute atomic E-state index is 0.105. The normalized spacial score (nSPS) is 20.0. The minimum Gasteiger partial charge on any atom is -0.374 e. The Kier molecular flexibility index (Phi) is 5.21. The van der Waals surface area contributed by atoms with E-state index in [1.807, 2.05) is 25.3 Å². The van der Waals surface area contributed by atoms with Crippen molar-refractivity contribution in [2.45, 2.75) is 30.0 Å². The maximum Gasteiger partial charge on any atom is 0.435 e. The number of alkyl halides is 3. The first kappa shape index (κ1) is 19.4. The zero-order valence-electron chi connectivity index (χ0n) is 13.8. The van der Waals surface area contributed by atoms with Gasteiger partial charge >= 0.3 is 6.18 Å². The SMILES string of the molecule is CSc1ccc(C2=NOC(c3cc(Cl)cc(Cl)c3)(C(F)(F)F)C2)cc1C. The Labute approximate surface area is 163 Å². The molecule has 0 spiro atoms. The number of nitrogens with zero attached hydrogens (tertiary/aromatic N) is 1. The Hall–Kier alpha value is -1.37. The fourth-order valence-electron chi connectivity index (χ4n) is 2.90. The molecule has 1 atom stereocenters. The largest absolute Gasteiger partial charge is 0.435 e. The Morgan fingerprint density at radius 1 is 1.12 bits per heavy atom. The molecule has 1 aliphatic rings. The summed E-state index contributed by atoms with van der Waals surface area (Å²) in [5.41, 5.74) is -0.983. The van der Waals surface area contributed by atoms with Gasteiger partial charge in [-0.1, -0.05) is 34.4 Å². The molecule has 3 rings (SSSR count). The van der Waals surface area contributed by atoms with Crippen molar-refractivity contribution in [3.8, 4) is 0 Å². The molecule has 2 aromatic carbocycles. The Morgan fingerprint density at radius 3 is 2.31 bits per heavy atom. The molecule has 0 radical (unpaired) electrons. The van der Waals surface area contributed by atoms with Gasteiger partial charge in [0.1, 0.15) is 0 Å². The molecule has 0 saturated carbocycles. The summed E-state index contributed by atoms with van der Waals surface area (Å²) in [4.78, 5) is 6.06. The monoisotopic (exact) mass is 419 g/mol. The van der Waals surface area contributed by atoms with Crippen molar-refractivity contribution >= 4 is 40.7 Å². The topological polar surface area (TPSA) is 21.6 Å². The van der Waals surface area contributed by atoms with Crippen LogP contribution in [0.3, 0.4) is 0 Å². The van der Waals surface area contributed by atoms with Crippen molar-refractivity contribution in [1.82, 2.24) is 0 Å². The minimum atomic E-state index is -4.69. The summed E-state index contributed by atoms with van der Waals surface area (Å²) in [5.74, 6) is 0. The number of benzene rings is 2. The van der Waals surface area contributed by atoms with Gasteiger partial charge in [-0.05, 0) is 54.6 Å². The van der Waals surface area contributed by atoms with Crippen LogP contribution in [-0.2, 0) is 10.4 Å². The van der Waals surface area contributed by atoms with E-state index in [9.17, 15) is 13.2 Å². The summed E-state index contributed by atoms with van der Waals surface area (Å²) < 4.78 is 41.9. The van der Waals surface area contributed by atoms with E-state index in [1.54, 1.807) is 17.8 Å². The summed E-state index contributed by atoms with van der Waals surface area (Å²) in [7, 11) is 0. The Balaban J connectivity index is 2.02. The summed E-state index contributed by atoms with van der Waals surface area (Å²) >= 11 is 13.4. The van der Waals surface area contributed by atoms with Gasteiger partial charge in [0.2, 0.25) is 0 Å². The number of oxime groups is 1. The van der Waals surface area contributed by atoms with Crippen LogP contribution in [0.2, 0.25) is 10.0 Å². The van der Waals surface area contributed by atoms with E-state index < -0.39 is 18.2 Å². The summed E-state index contributed by atoms with van der Waals surface area (Å²) in [6, 6.07) is 9.21. The van der Waals surface area contributed by atoms with Crippen molar-refractivity contribution in [2.24, 2.45) is 5.16 Å². The molecule has 0 aliphatic carbocycles. The van der Waals surface area contributed by atoms with Gasteiger partial charge in [-0.2, -0.15) is 13.2 Å². The molecule has 1 unspecified atom stereocenters. The number of halogens is 5. The Bertz CT molecular complexity index is 865. The third kappa shape index (κ3) is 3.42. The van der Waals surface area contributed by atoms with E-state index >= 15 is 0 Å². The van der Waals surface area contributed by atoms with Crippen LogP contribution in [0.4, 0.5) is 13.2 Å². The molecular weight excluding hydrogens is 406 g/mol. The Morgan fingerprint density at radius 2 is 1.77 bits per heavy atom. The quantitative estimate of drug-likeness (QED) is 0.522. The van der Waals surface area contributed by atoms with Gasteiger partial charge in [0.15, 0.2) is 0 Å².